The van der Waals surface area contributed by atoms with Crippen LogP contribution >= 0.6 is 0 Å². The molecule has 13 heteroatoms. The predicted octanol–water partition coefficient (Wildman–Crippen LogP) is 1.00. The van der Waals surface area contributed by atoms with Gasteiger partial charge in [-0.3, -0.25) is 14.3 Å². The fourth-order valence-electron chi connectivity index (χ4n) is 2.19. The van der Waals surface area contributed by atoms with Gasteiger partial charge in [-0.1, -0.05) is 11.6 Å². The number of rotatable bonds is 3. The summed E-state index contributed by atoms with van der Waals surface area (Å²) in [5, 5.41) is 12.1. The molecule has 2 aromatic heterocycles. The van der Waals surface area contributed by atoms with E-state index in [4.69, 9.17) is 0 Å². The van der Waals surface area contributed by atoms with E-state index in [0.29, 0.717) is 0 Å². The molecule has 2 aromatic rings. The summed E-state index contributed by atoms with van der Waals surface area (Å²) in [6.45, 7) is 3.64. The number of carbonyl (C=O) groups is 2. The molecule has 2 amide bonds. The quantitative estimate of drug-likeness (QED) is 0.674. The highest BCUT2D eigenvalue weighted by Gasteiger charge is 2.38. The molecule has 29 heavy (non-hydrogen) atoms. The van der Waals surface area contributed by atoms with Gasteiger partial charge in [-0.05, 0) is 25.9 Å². The van der Waals surface area contributed by atoms with Gasteiger partial charge in [0.05, 0.1) is 12.1 Å². The van der Waals surface area contributed by atoms with Crippen molar-refractivity contribution in [2.24, 2.45) is 12.8 Å². The van der Waals surface area contributed by atoms with E-state index in [1.54, 1.807) is 0 Å². The van der Waals surface area contributed by atoms with E-state index in [9.17, 15) is 22.8 Å². The van der Waals surface area contributed by atoms with E-state index >= 15 is 0 Å². The molecular formula is C16H24F3N7O3. The van der Waals surface area contributed by atoms with Crippen molar-refractivity contribution in [3.8, 4) is 0 Å². The smallest absolute Gasteiger partial charge is 0.370 e. The summed E-state index contributed by atoms with van der Waals surface area (Å²) in [4.78, 5) is 24.5. The van der Waals surface area contributed by atoms with Gasteiger partial charge in [0.15, 0.2) is 12.0 Å². The Morgan fingerprint density at radius 2 is 1.93 bits per heavy atom. The van der Waals surface area contributed by atoms with Gasteiger partial charge in [0, 0.05) is 20.2 Å². The first-order valence-electron chi connectivity index (χ1n) is 8.72. The molecule has 4 N–H and O–H groups in total. The minimum atomic E-state index is -4.70. The second-order valence-corrected chi connectivity index (χ2v) is 6.00. The first kappa shape index (κ1) is 24.1. The number of aryl methyl sites for hydroxylation is 1. The number of aromatic nitrogens is 4. The molecule has 0 saturated carbocycles. The molecule has 1 fully saturated rings. The summed E-state index contributed by atoms with van der Waals surface area (Å²) in [5.74, 6) is -1.16. The van der Waals surface area contributed by atoms with Crippen LogP contribution in [-0.2, 0) is 24.6 Å². The third-order valence-corrected chi connectivity index (χ3v) is 3.36. The topological polar surface area (TPSA) is 141 Å². The summed E-state index contributed by atoms with van der Waals surface area (Å²) >= 11 is 0. The predicted molar refractivity (Wildman–Crippen MR) is 95.3 cm³/mol. The number of alkyl halides is 3. The van der Waals surface area contributed by atoms with Crippen LogP contribution in [0.1, 0.15) is 48.1 Å². The molecule has 0 aromatic carbocycles. The summed E-state index contributed by atoms with van der Waals surface area (Å²) in [6, 6.07) is 0. The van der Waals surface area contributed by atoms with Gasteiger partial charge >= 0.3 is 6.18 Å². The van der Waals surface area contributed by atoms with Crippen molar-refractivity contribution in [2.45, 2.75) is 38.9 Å². The SMILES string of the molecule is C1CCNCC1.CC(N)=O.Cn1cc(C(=O)NCc2ncno2)c(C(F)(F)F)n1. The van der Waals surface area contributed by atoms with E-state index in [2.05, 4.69) is 36.1 Å². The van der Waals surface area contributed by atoms with Crippen LogP contribution in [0, 0.1) is 0 Å². The average Bonchev–Trinajstić information content (AvgIpc) is 3.30. The van der Waals surface area contributed by atoms with Crippen LogP contribution in [0.25, 0.3) is 0 Å². The number of nitrogens with zero attached hydrogens (tertiary/aromatic N) is 4. The summed E-state index contributed by atoms with van der Waals surface area (Å²) in [6.07, 6.45) is 1.63. The van der Waals surface area contributed by atoms with Crippen molar-refractivity contribution in [1.82, 2.24) is 30.6 Å². The van der Waals surface area contributed by atoms with Crippen molar-refractivity contribution < 1.29 is 27.3 Å². The highest BCUT2D eigenvalue weighted by atomic mass is 19.4. The van der Waals surface area contributed by atoms with Gasteiger partial charge < -0.3 is 20.9 Å². The first-order chi connectivity index (χ1) is 13.6. The van der Waals surface area contributed by atoms with Gasteiger partial charge in [0.25, 0.3) is 5.91 Å². The molecule has 10 nitrogen and oxygen atoms in total. The lowest BCUT2D eigenvalue weighted by Crippen LogP contribution is -2.25. The molecule has 0 radical (unpaired) electrons. The maximum absolute atomic E-state index is 12.6. The minimum Gasteiger partial charge on any atom is -0.370 e. The zero-order valence-corrected chi connectivity index (χ0v) is 16.1. The number of amides is 2. The van der Waals surface area contributed by atoms with Crippen molar-refractivity contribution in [3.05, 3.63) is 29.7 Å². The van der Waals surface area contributed by atoms with Gasteiger partial charge in [0.2, 0.25) is 11.8 Å². The van der Waals surface area contributed by atoms with Gasteiger partial charge in [0.1, 0.15) is 0 Å². The number of halogens is 3. The zero-order chi connectivity index (χ0) is 21.9. The van der Waals surface area contributed by atoms with E-state index in [-0.39, 0.29) is 18.3 Å². The number of primary amides is 1. The van der Waals surface area contributed by atoms with Crippen molar-refractivity contribution in [3.63, 3.8) is 0 Å². The second-order valence-electron chi connectivity index (χ2n) is 6.00. The minimum absolute atomic E-state index is 0.0887. The molecule has 3 rings (SSSR count). The maximum atomic E-state index is 12.6. The normalized spacial score (nSPS) is 13.4. The lowest BCUT2D eigenvalue weighted by molar-refractivity contribution is -0.141. The molecule has 0 aliphatic carbocycles. The van der Waals surface area contributed by atoms with E-state index in [0.717, 1.165) is 17.2 Å². The van der Waals surface area contributed by atoms with Crippen LogP contribution in [0.15, 0.2) is 17.0 Å². The van der Waals surface area contributed by atoms with Crippen LogP contribution in [0.3, 0.4) is 0 Å². The largest absolute Gasteiger partial charge is 0.435 e. The molecular weight excluding hydrogens is 395 g/mol. The Hall–Kier alpha value is -2.96. The number of carbonyl (C=O) groups excluding carboxylic acids is 2. The Kier molecular flexibility index (Phi) is 9.79. The molecule has 162 valence electrons. The van der Waals surface area contributed by atoms with E-state index < -0.39 is 23.3 Å². The summed E-state index contributed by atoms with van der Waals surface area (Å²) in [7, 11) is 1.30. The van der Waals surface area contributed by atoms with Crippen molar-refractivity contribution in [1.29, 1.82) is 0 Å². The molecule has 3 heterocycles. The van der Waals surface area contributed by atoms with E-state index in [1.165, 1.54) is 46.3 Å². The first-order valence-corrected chi connectivity index (χ1v) is 8.72. The Morgan fingerprint density at radius 1 is 1.31 bits per heavy atom. The molecule has 0 spiro atoms. The van der Waals surface area contributed by atoms with Crippen LogP contribution in [0.5, 0.6) is 0 Å². The molecule has 0 unspecified atom stereocenters. The Bertz CT molecular complexity index is 741. The summed E-state index contributed by atoms with van der Waals surface area (Å²) in [5.41, 5.74) is 2.67. The zero-order valence-electron chi connectivity index (χ0n) is 16.1. The Labute approximate surface area is 165 Å². The number of piperidine rings is 1. The van der Waals surface area contributed by atoms with Gasteiger partial charge in [-0.15, -0.1) is 0 Å². The number of hydrogen-bond donors (Lipinski definition) is 3. The van der Waals surface area contributed by atoms with Crippen LogP contribution in [0.4, 0.5) is 13.2 Å². The third kappa shape index (κ3) is 9.69. The van der Waals surface area contributed by atoms with Crippen LogP contribution in [-0.4, -0.2) is 44.8 Å². The van der Waals surface area contributed by atoms with Crippen LogP contribution in [0.2, 0.25) is 0 Å². The molecule has 0 atom stereocenters. The number of hydrogen-bond acceptors (Lipinski definition) is 7. The van der Waals surface area contributed by atoms with Crippen molar-refractivity contribution in [2.75, 3.05) is 13.1 Å². The highest BCUT2D eigenvalue weighted by molar-refractivity contribution is 5.95. The van der Waals surface area contributed by atoms with Gasteiger partial charge in [-0.2, -0.15) is 23.3 Å². The van der Waals surface area contributed by atoms with Gasteiger partial charge in [-0.25, -0.2) is 0 Å². The lowest BCUT2D eigenvalue weighted by atomic mass is 10.2. The monoisotopic (exact) mass is 419 g/mol. The average molecular weight is 419 g/mol. The number of nitrogens with one attached hydrogen (secondary N) is 2. The lowest BCUT2D eigenvalue weighted by Gasteiger charge is -2.08. The third-order valence-electron chi connectivity index (χ3n) is 3.36. The summed E-state index contributed by atoms with van der Waals surface area (Å²) < 4.78 is 43.4. The second kappa shape index (κ2) is 11.8. The van der Waals surface area contributed by atoms with Crippen molar-refractivity contribution >= 4 is 11.8 Å². The Balaban J connectivity index is 0.000000345. The molecule has 1 aliphatic heterocycles. The fourth-order valence-corrected chi connectivity index (χ4v) is 2.19. The molecule has 0 bridgehead atoms. The van der Waals surface area contributed by atoms with E-state index in [1.807, 2.05) is 0 Å². The molecule has 1 aliphatic rings. The highest BCUT2D eigenvalue weighted by Crippen LogP contribution is 2.30. The maximum Gasteiger partial charge on any atom is 0.435 e. The number of nitrogens with two attached hydrogens (primary N) is 1. The fraction of sp³-hybridized carbons (Fsp3) is 0.562. The van der Waals surface area contributed by atoms with Crippen LogP contribution < -0.4 is 16.4 Å². The molecule has 1 saturated heterocycles. The Morgan fingerprint density at radius 3 is 2.34 bits per heavy atom. The standard InChI is InChI=1S/C9H8F3N5O2.C5H11N.C2H5NO/c1-17-3-5(7(16-17)9(10,11)12)8(18)13-2-6-14-4-15-19-6;1-2-4-6-5-3-1;1-2(3)4/h3-4H,2H2,1H3,(H,13,18);6H,1-5H2;1H3,(H2,3,4).